The van der Waals surface area contributed by atoms with Gasteiger partial charge in [-0.25, -0.2) is 13.2 Å². The van der Waals surface area contributed by atoms with Crippen molar-refractivity contribution in [2.45, 2.75) is 30.1 Å². The Morgan fingerprint density at radius 3 is 2.45 bits per heavy atom. The van der Waals surface area contributed by atoms with E-state index in [1.165, 1.54) is 18.2 Å². The molecule has 8 N–H and O–H groups in total. The number of carbonyl (C=O) groups is 2. The molecule has 0 unspecified atom stereocenters. The number of nitrogens with one attached hydrogen (secondary N) is 3. The minimum atomic E-state index is -3.88. The van der Waals surface area contributed by atoms with Gasteiger partial charge in [-0.2, -0.15) is 0 Å². The first kappa shape index (κ1) is 22.8. The monoisotopic (exact) mass is 441 g/mol. The first-order chi connectivity index (χ1) is 13.7. The van der Waals surface area contributed by atoms with E-state index in [9.17, 15) is 23.1 Å². The number of aliphatic carboxylic acids is 1. The third-order valence-electron chi connectivity index (χ3n) is 3.84. The summed E-state index contributed by atoms with van der Waals surface area (Å²) in [6, 6.07) is 8.00. The van der Waals surface area contributed by atoms with Gasteiger partial charge >= 0.3 is 5.97 Å². The van der Waals surface area contributed by atoms with Crippen LogP contribution in [0, 0.1) is 0 Å². The molecule has 0 saturated carbocycles. The number of rotatable bonds is 11. The van der Waals surface area contributed by atoms with Crippen molar-refractivity contribution < 1.29 is 23.1 Å². The van der Waals surface area contributed by atoms with Crippen LogP contribution in [0.2, 0.25) is 0 Å². The van der Waals surface area contributed by atoms with Gasteiger partial charge in [0.2, 0.25) is 0 Å². The highest BCUT2D eigenvalue weighted by atomic mass is 32.2. The number of carbonyl (C=O) groups excluding carboxylic acids is 1. The first-order valence-corrected chi connectivity index (χ1v) is 11.0. The second kappa shape index (κ2) is 10.3. The van der Waals surface area contributed by atoms with E-state index < -0.39 is 34.2 Å². The summed E-state index contributed by atoms with van der Waals surface area (Å²) in [6.07, 6.45) is -0.145. The van der Waals surface area contributed by atoms with Gasteiger partial charge in [-0.15, -0.1) is 11.3 Å². The van der Waals surface area contributed by atoms with Crippen LogP contribution in [-0.2, 0) is 14.8 Å². The number of sulfonamides is 1. The minimum absolute atomic E-state index is 0.0443. The molecule has 1 aromatic heterocycles. The Hall–Kier alpha value is -2.51. The molecule has 0 aliphatic carbocycles. The van der Waals surface area contributed by atoms with Crippen molar-refractivity contribution in [3.05, 3.63) is 47.3 Å². The Labute approximate surface area is 172 Å². The van der Waals surface area contributed by atoms with E-state index in [2.05, 4.69) is 15.4 Å². The van der Waals surface area contributed by atoms with Crippen LogP contribution in [0.4, 0.5) is 5.00 Å². The molecule has 0 bridgehead atoms. The predicted molar refractivity (Wildman–Crippen MR) is 110 cm³/mol. The summed E-state index contributed by atoms with van der Waals surface area (Å²) in [7, 11) is -3.88. The lowest BCUT2D eigenvalue weighted by molar-refractivity contribution is -0.139. The number of thiophene rings is 1. The normalized spacial score (nSPS) is 12.5. The highest BCUT2D eigenvalue weighted by Gasteiger charge is 2.24. The molecular weight excluding hydrogens is 418 g/mol. The van der Waals surface area contributed by atoms with Crippen molar-refractivity contribution in [3.63, 3.8) is 0 Å². The standard InChI is InChI=1S/C17H23N5O5S2/c18-17(19)20-9-4-7-13(16(24)25)21-14(23)12-8-10-28-15(12)22-29(26,27)11-5-2-1-3-6-11/h1-3,5-6,8,10,13,17,20,22H,4,7,9,18-19H2,(H,21,23)(H,24,25)/t13-/m0/s1. The number of hydrogen-bond acceptors (Lipinski definition) is 8. The third kappa shape index (κ3) is 6.80. The molecule has 2 rings (SSSR count). The van der Waals surface area contributed by atoms with Crippen LogP contribution in [0.25, 0.3) is 0 Å². The molecule has 1 amide bonds. The topological polar surface area (TPSA) is 177 Å². The zero-order chi connectivity index (χ0) is 21.4. The fourth-order valence-electron chi connectivity index (χ4n) is 2.42. The number of amides is 1. The number of hydrogen-bond donors (Lipinski definition) is 6. The van der Waals surface area contributed by atoms with E-state index >= 15 is 0 Å². The van der Waals surface area contributed by atoms with E-state index in [4.69, 9.17) is 11.5 Å². The molecule has 1 aromatic carbocycles. The number of anilines is 1. The number of benzene rings is 1. The summed E-state index contributed by atoms with van der Waals surface area (Å²) in [5, 5.41) is 16.1. The van der Waals surface area contributed by atoms with Crippen LogP contribution in [0.3, 0.4) is 0 Å². The molecule has 0 radical (unpaired) electrons. The van der Waals surface area contributed by atoms with E-state index in [0.717, 1.165) is 11.3 Å². The Bertz CT molecular complexity index is 931. The summed E-state index contributed by atoms with van der Waals surface area (Å²) in [6.45, 7) is 0.387. The second-order valence-electron chi connectivity index (χ2n) is 6.07. The molecule has 158 valence electrons. The maximum Gasteiger partial charge on any atom is 0.326 e. The van der Waals surface area contributed by atoms with E-state index in [1.807, 2.05) is 0 Å². The smallest absolute Gasteiger partial charge is 0.326 e. The zero-order valence-corrected chi connectivity index (χ0v) is 17.0. The van der Waals surface area contributed by atoms with E-state index in [-0.39, 0.29) is 21.9 Å². The maximum absolute atomic E-state index is 12.5. The van der Waals surface area contributed by atoms with Crippen molar-refractivity contribution in [1.82, 2.24) is 10.6 Å². The van der Waals surface area contributed by atoms with Crippen LogP contribution >= 0.6 is 11.3 Å². The van der Waals surface area contributed by atoms with Crippen LogP contribution in [0.15, 0.2) is 46.7 Å². The van der Waals surface area contributed by atoms with Gasteiger partial charge in [0.05, 0.1) is 10.5 Å². The van der Waals surface area contributed by atoms with Crippen molar-refractivity contribution >= 4 is 38.2 Å². The van der Waals surface area contributed by atoms with Gasteiger partial charge in [0.1, 0.15) is 17.3 Å². The number of nitrogens with two attached hydrogens (primary N) is 2. The van der Waals surface area contributed by atoms with E-state index in [0.29, 0.717) is 13.0 Å². The van der Waals surface area contributed by atoms with Gasteiger partial charge in [-0.1, -0.05) is 18.2 Å². The quantitative estimate of drug-likeness (QED) is 0.213. The van der Waals surface area contributed by atoms with Crippen molar-refractivity contribution in [2.24, 2.45) is 11.5 Å². The molecule has 12 heteroatoms. The highest BCUT2D eigenvalue weighted by Crippen LogP contribution is 2.26. The average molecular weight is 442 g/mol. The van der Waals surface area contributed by atoms with Crippen molar-refractivity contribution in [1.29, 1.82) is 0 Å². The molecule has 0 saturated heterocycles. The lowest BCUT2D eigenvalue weighted by Gasteiger charge is -2.16. The molecule has 10 nitrogen and oxygen atoms in total. The zero-order valence-electron chi connectivity index (χ0n) is 15.4. The third-order valence-corrected chi connectivity index (χ3v) is 6.17. The number of carboxylic acids is 1. The lowest BCUT2D eigenvalue weighted by Crippen LogP contribution is -2.46. The van der Waals surface area contributed by atoms with Gasteiger partial charge < -0.3 is 21.9 Å². The minimum Gasteiger partial charge on any atom is -0.480 e. The van der Waals surface area contributed by atoms with Gasteiger partial charge in [-0.05, 0) is 43.0 Å². The molecule has 1 heterocycles. The Kier molecular flexibility index (Phi) is 8.10. The first-order valence-electron chi connectivity index (χ1n) is 8.64. The van der Waals surface area contributed by atoms with Gasteiger partial charge in [0, 0.05) is 0 Å². The molecule has 0 aliphatic rings. The summed E-state index contributed by atoms with van der Waals surface area (Å²) < 4.78 is 27.3. The van der Waals surface area contributed by atoms with Gasteiger partial charge in [0.15, 0.2) is 0 Å². The lowest BCUT2D eigenvalue weighted by atomic mass is 10.1. The van der Waals surface area contributed by atoms with Crippen LogP contribution in [-0.4, -0.2) is 44.3 Å². The van der Waals surface area contributed by atoms with Gasteiger partial charge in [-0.3, -0.25) is 14.8 Å². The molecule has 0 spiro atoms. The molecule has 0 fully saturated rings. The fraction of sp³-hybridized carbons (Fsp3) is 0.294. The predicted octanol–water partition coefficient (Wildman–Crippen LogP) is 0.303. The Morgan fingerprint density at radius 1 is 1.14 bits per heavy atom. The summed E-state index contributed by atoms with van der Waals surface area (Å²) >= 11 is 1.02. The summed E-state index contributed by atoms with van der Waals surface area (Å²) in [4.78, 5) is 24.0. The molecule has 29 heavy (non-hydrogen) atoms. The largest absolute Gasteiger partial charge is 0.480 e. The van der Waals surface area contributed by atoms with Crippen LogP contribution in [0.5, 0.6) is 0 Å². The highest BCUT2D eigenvalue weighted by molar-refractivity contribution is 7.93. The fourth-order valence-corrected chi connectivity index (χ4v) is 4.55. The SMILES string of the molecule is NC(N)NCCC[C@H](NC(=O)c1ccsc1NS(=O)(=O)c1ccccc1)C(=O)O. The van der Waals surface area contributed by atoms with Crippen molar-refractivity contribution in [3.8, 4) is 0 Å². The molecular formula is C17H23N5O5S2. The summed E-state index contributed by atoms with van der Waals surface area (Å²) in [5.74, 6) is -1.88. The summed E-state index contributed by atoms with van der Waals surface area (Å²) in [5.41, 5.74) is 10.7. The Balaban J connectivity index is 2.06. The average Bonchev–Trinajstić information content (AvgIpc) is 3.12. The second-order valence-corrected chi connectivity index (χ2v) is 8.67. The van der Waals surface area contributed by atoms with Crippen LogP contribution in [0.1, 0.15) is 23.2 Å². The van der Waals surface area contributed by atoms with Gasteiger partial charge in [0.25, 0.3) is 15.9 Å². The van der Waals surface area contributed by atoms with E-state index in [1.54, 1.807) is 23.6 Å². The maximum atomic E-state index is 12.5. The molecule has 0 aliphatic heterocycles. The molecule has 2 aromatic rings. The Morgan fingerprint density at radius 2 is 1.83 bits per heavy atom. The molecule has 1 atom stereocenters. The van der Waals surface area contributed by atoms with Crippen molar-refractivity contribution in [2.75, 3.05) is 11.3 Å². The van der Waals surface area contributed by atoms with Crippen LogP contribution < -0.4 is 26.8 Å². The number of carboxylic acid groups (broad SMARTS) is 1.